The molecule has 3 N–H and O–H groups in total. The van der Waals surface area contributed by atoms with E-state index in [2.05, 4.69) is 0 Å². The molecule has 0 saturated heterocycles. The Kier molecular flexibility index (Phi) is 5.61. The van der Waals surface area contributed by atoms with E-state index in [0.717, 1.165) is 16.2 Å². The van der Waals surface area contributed by atoms with Crippen molar-refractivity contribution in [1.82, 2.24) is 0 Å². The predicted octanol–water partition coefficient (Wildman–Crippen LogP) is 2.93. The summed E-state index contributed by atoms with van der Waals surface area (Å²) >= 11 is 1.48. The van der Waals surface area contributed by atoms with Gasteiger partial charge in [0.15, 0.2) is 0 Å². The van der Waals surface area contributed by atoms with Crippen LogP contribution in [0.5, 0.6) is 11.5 Å². The number of rotatable bonds is 7. The fraction of sp³-hybridized carbons (Fsp3) is 0.375. The minimum atomic E-state index is -0.678. The zero-order valence-electron chi connectivity index (χ0n) is 12.3. The van der Waals surface area contributed by atoms with E-state index in [1.807, 2.05) is 42.6 Å². The molecule has 1 aromatic heterocycles. The third-order valence-electron chi connectivity index (χ3n) is 3.40. The molecule has 0 spiro atoms. The summed E-state index contributed by atoms with van der Waals surface area (Å²) in [6.07, 6.45) is -0.678. The second kappa shape index (κ2) is 7.45. The third kappa shape index (κ3) is 3.56. The highest BCUT2D eigenvalue weighted by Gasteiger charge is 2.25. The average Bonchev–Trinajstić information content (AvgIpc) is 2.98. The van der Waals surface area contributed by atoms with Crippen molar-refractivity contribution < 1.29 is 14.6 Å². The number of aliphatic hydroxyl groups is 1. The quantitative estimate of drug-likeness (QED) is 0.825. The van der Waals surface area contributed by atoms with Crippen molar-refractivity contribution in [2.75, 3.05) is 20.3 Å². The first-order chi connectivity index (χ1) is 10.2. The van der Waals surface area contributed by atoms with Crippen LogP contribution in [0, 0.1) is 0 Å². The van der Waals surface area contributed by atoms with Crippen molar-refractivity contribution in [3.63, 3.8) is 0 Å². The van der Waals surface area contributed by atoms with Crippen LogP contribution in [-0.2, 0) is 0 Å². The Bertz CT molecular complexity index is 553. The minimum Gasteiger partial charge on any atom is -0.495 e. The lowest BCUT2D eigenvalue weighted by atomic mass is 9.92. The average molecular weight is 307 g/mol. The van der Waals surface area contributed by atoms with Crippen LogP contribution < -0.4 is 15.2 Å². The Balaban J connectivity index is 2.22. The Morgan fingerprint density at radius 1 is 1.24 bits per heavy atom. The van der Waals surface area contributed by atoms with Gasteiger partial charge in [-0.1, -0.05) is 12.1 Å². The molecule has 114 valence electrons. The van der Waals surface area contributed by atoms with Crippen molar-refractivity contribution in [1.29, 1.82) is 0 Å². The fourth-order valence-corrected chi connectivity index (χ4v) is 3.21. The van der Waals surface area contributed by atoms with E-state index in [4.69, 9.17) is 15.2 Å². The highest BCUT2D eigenvalue weighted by atomic mass is 32.1. The number of benzene rings is 1. The molecule has 0 bridgehead atoms. The lowest BCUT2D eigenvalue weighted by Gasteiger charge is -2.22. The van der Waals surface area contributed by atoms with Gasteiger partial charge < -0.3 is 20.3 Å². The summed E-state index contributed by atoms with van der Waals surface area (Å²) in [5.41, 5.74) is 6.86. The SMILES string of the molecule is CCOc1ccc(C(CN)C(O)c2sccc2OC)cc1. The number of nitrogens with two attached hydrogens (primary N) is 1. The number of aliphatic hydroxyl groups excluding tert-OH is 1. The van der Waals surface area contributed by atoms with Gasteiger partial charge in [-0.25, -0.2) is 0 Å². The zero-order chi connectivity index (χ0) is 15.2. The molecule has 2 atom stereocenters. The lowest BCUT2D eigenvalue weighted by molar-refractivity contribution is 0.147. The van der Waals surface area contributed by atoms with E-state index in [9.17, 15) is 5.11 Å². The van der Waals surface area contributed by atoms with Crippen LogP contribution in [0.1, 0.15) is 29.4 Å². The second-order valence-electron chi connectivity index (χ2n) is 4.64. The topological polar surface area (TPSA) is 64.7 Å². The van der Waals surface area contributed by atoms with Gasteiger partial charge in [-0.15, -0.1) is 11.3 Å². The summed E-state index contributed by atoms with van der Waals surface area (Å²) in [4.78, 5) is 0.807. The molecule has 21 heavy (non-hydrogen) atoms. The molecule has 1 heterocycles. The van der Waals surface area contributed by atoms with Gasteiger partial charge in [0.25, 0.3) is 0 Å². The van der Waals surface area contributed by atoms with E-state index >= 15 is 0 Å². The van der Waals surface area contributed by atoms with Crippen LogP contribution >= 0.6 is 11.3 Å². The van der Waals surface area contributed by atoms with Crippen LogP contribution in [0.2, 0.25) is 0 Å². The Hall–Kier alpha value is -1.56. The third-order valence-corrected chi connectivity index (χ3v) is 4.37. The molecule has 0 aliphatic heterocycles. The van der Waals surface area contributed by atoms with Crippen LogP contribution in [0.25, 0.3) is 0 Å². The number of hydrogen-bond acceptors (Lipinski definition) is 5. The Labute approximate surface area is 129 Å². The smallest absolute Gasteiger partial charge is 0.135 e. The van der Waals surface area contributed by atoms with Crippen molar-refractivity contribution in [2.24, 2.45) is 5.73 Å². The summed E-state index contributed by atoms with van der Waals surface area (Å²) in [6.45, 7) is 2.94. The monoisotopic (exact) mass is 307 g/mol. The molecular formula is C16H21NO3S. The predicted molar refractivity (Wildman–Crippen MR) is 85.2 cm³/mol. The van der Waals surface area contributed by atoms with Crippen molar-refractivity contribution >= 4 is 11.3 Å². The summed E-state index contributed by atoms with van der Waals surface area (Å²) in [5, 5.41) is 12.5. The van der Waals surface area contributed by atoms with Gasteiger partial charge in [-0.3, -0.25) is 0 Å². The number of ether oxygens (including phenoxy) is 2. The zero-order valence-corrected chi connectivity index (χ0v) is 13.1. The largest absolute Gasteiger partial charge is 0.495 e. The molecule has 1 aromatic carbocycles. The van der Waals surface area contributed by atoms with Gasteiger partial charge in [-0.2, -0.15) is 0 Å². The molecular weight excluding hydrogens is 286 g/mol. The molecule has 2 unspecified atom stereocenters. The van der Waals surface area contributed by atoms with Crippen LogP contribution in [0.4, 0.5) is 0 Å². The maximum Gasteiger partial charge on any atom is 0.135 e. The van der Waals surface area contributed by atoms with Crippen LogP contribution in [0.3, 0.4) is 0 Å². The van der Waals surface area contributed by atoms with Gasteiger partial charge in [-0.05, 0) is 36.1 Å². The minimum absolute atomic E-state index is 0.173. The Morgan fingerprint density at radius 3 is 2.52 bits per heavy atom. The first-order valence-corrected chi connectivity index (χ1v) is 7.81. The Morgan fingerprint density at radius 2 is 1.95 bits per heavy atom. The fourth-order valence-electron chi connectivity index (χ4n) is 2.30. The van der Waals surface area contributed by atoms with Gasteiger partial charge in [0, 0.05) is 12.5 Å². The molecule has 2 rings (SSSR count). The molecule has 2 aromatic rings. The van der Waals surface area contributed by atoms with Gasteiger partial charge in [0.05, 0.1) is 24.7 Å². The summed E-state index contributed by atoms with van der Waals surface area (Å²) in [7, 11) is 1.60. The van der Waals surface area contributed by atoms with E-state index in [0.29, 0.717) is 18.9 Å². The molecule has 4 nitrogen and oxygen atoms in total. The molecule has 0 aliphatic carbocycles. The highest BCUT2D eigenvalue weighted by Crippen LogP contribution is 2.38. The maximum absolute atomic E-state index is 10.6. The van der Waals surface area contributed by atoms with Gasteiger partial charge in [0.2, 0.25) is 0 Å². The highest BCUT2D eigenvalue weighted by molar-refractivity contribution is 7.10. The van der Waals surface area contributed by atoms with E-state index in [1.54, 1.807) is 7.11 Å². The molecule has 0 aliphatic rings. The number of hydrogen-bond donors (Lipinski definition) is 2. The molecule has 0 saturated carbocycles. The van der Waals surface area contributed by atoms with E-state index in [1.165, 1.54) is 11.3 Å². The van der Waals surface area contributed by atoms with Crippen molar-refractivity contribution in [3.8, 4) is 11.5 Å². The first kappa shape index (κ1) is 15.8. The van der Waals surface area contributed by atoms with Gasteiger partial charge >= 0.3 is 0 Å². The lowest BCUT2D eigenvalue weighted by Crippen LogP contribution is -2.19. The standard InChI is InChI=1S/C16H21NO3S/c1-3-20-12-6-4-11(5-7-12)13(10-17)15(18)16-14(19-2)8-9-21-16/h4-9,13,15,18H,3,10,17H2,1-2H3. The second-order valence-corrected chi connectivity index (χ2v) is 5.59. The number of methoxy groups -OCH3 is 1. The molecule has 0 fully saturated rings. The number of thiophene rings is 1. The summed E-state index contributed by atoms with van der Waals surface area (Å²) in [5.74, 6) is 1.35. The van der Waals surface area contributed by atoms with Crippen LogP contribution in [-0.4, -0.2) is 25.4 Å². The van der Waals surface area contributed by atoms with E-state index in [-0.39, 0.29) is 5.92 Å². The van der Waals surface area contributed by atoms with Crippen LogP contribution in [0.15, 0.2) is 35.7 Å². The first-order valence-electron chi connectivity index (χ1n) is 6.93. The van der Waals surface area contributed by atoms with Crippen molar-refractivity contribution in [3.05, 3.63) is 46.2 Å². The maximum atomic E-state index is 10.6. The molecule has 5 heteroatoms. The van der Waals surface area contributed by atoms with Gasteiger partial charge in [0.1, 0.15) is 11.5 Å². The summed E-state index contributed by atoms with van der Waals surface area (Å²) < 4.78 is 10.7. The normalized spacial score (nSPS) is 13.7. The van der Waals surface area contributed by atoms with E-state index < -0.39 is 6.10 Å². The molecule has 0 amide bonds. The molecule has 0 radical (unpaired) electrons. The van der Waals surface area contributed by atoms with Crippen molar-refractivity contribution in [2.45, 2.75) is 18.9 Å². The summed E-state index contributed by atoms with van der Waals surface area (Å²) in [6, 6.07) is 9.56.